The molecule has 1 unspecified atom stereocenters. The Labute approximate surface area is 97.0 Å². The zero-order chi connectivity index (χ0) is 11.3. The lowest BCUT2D eigenvalue weighted by molar-refractivity contribution is 0.260. The van der Waals surface area contributed by atoms with Gasteiger partial charge in [-0.3, -0.25) is 4.90 Å². The Morgan fingerprint density at radius 3 is 2.47 bits per heavy atom. The summed E-state index contributed by atoms with van der Waals surface area (Å²) in [5.74, 6) is 0. The number of nitrogens with two attached hydrogens (primary N) is 1. The molecule has 0 bridgehead atoms. The lowest BCUT2D eigenvalue weighted by atomic mass is 10.1. The van der Waals surface area contributed by atoms with Crippen molar-refractivity contribution in [1.29, 1.82) is 0 Å². The van der Waals surface area contributed by atoms with Gasteiger partial charge in [0.05, 0.1) is 0 Å². The molecule has 0 fully saturated rings. The van der Waals surface area contributed by atoms with E-state index in [4.69, 9.17) is 17.3 Å². The molecule has 84 valence electrons. The van der Waals surface area contributed by atoms with Gasteiger partial charge < -0.3 is 5.73 Å². The van der Waals surface area contributed by atoms with Crippen molar-refractivity contribution in [2.75, 3.05) is 20.1 Å². The second kappa shape index (κ2) is 6.11. The maximum Gasteiger partial charge on any atom is 0.0406 e. The van der Waals surface area contributed by atoms with Crippen LogP contribution in [0.15, 0.2) is 24.3 Å². The molecule has 0 saturated heterocycles. The molecule has 0 saturated carbocycles. The summed E-state index contributed by atoms with van der Waals surface area (Å²) in [6.07, 6.45) is 1.04. The van der Waals surface area contributed by atoms with Crippen LogP contribution >= 0.6 is 11.6 Å². The van der Waals surface area contributed by atoms with Gasteiger partial charge in [0.25, 0.3) is 0 Å². The first kappa shape index (κ1) is 12.5. The molecule has 1 aromatic rings. The smallest absolute Gasteiger partial charge is 0.0406 e. The second-order valence-electron chi connectivity index (χ2n) is 3.85. The molecule has 0 heterocycles. The summed E-state index contributed by atoms with van der Waals surface area (Å²) in [6, 6.07) is 8.43. The van der Waals surface area contributed by atoms with Gasteiger partial charge in [-0.2, -0.15) is 0 Å². The fourth-order valence-electron chi connectivity index (χ4n) is 1.53. The topological polar surface area (TPSA) is 29.3 Å². The molecule has 3 heteroatoms. The molecule has 2 N–H and O–H groups in total. The van der Waals surface area contributed by atoms with Gasteiger partial charge in [-0.15, -0.1) is 0 Å². The molecule has 2 nitrogen and oxygen atoms in total. The Morgan fingerprint density at radius 2 is 1.93 bits per heavy atom. The lowest BCUT2D eigenvalue weighted by Crippen LogP contribution is -2.25. The van der Waals surface area contributed by atoms with E-state index >= 15 is 0 Å². The van der Waals surface area contributed by atoms with Gasteiger partial charge in [0.15, 0.2) is 0 Å². The van der Waals surface area contributed by atoms with Gasteiger partial charge in [0.2, 0.25) is 0 Å². The van der Waals surface area contributed by atoms with Crippen LogP contribution in [-0.2, 0) is 0 Å². The predicted octanol–water partition coefficient (Wildman–Crippen LogP) is 2.68. The zero-order valence-corrected chi connectivity index (χ0v) is 10.2. The minimum Gasteiger partial charge on any atom is -0.330 e. The van der Waals surface area contributed by atoms with Crippen molar-refractivity contribution < 1.29 is 0 Å². The Morgan fingerprint density at radius 1 is 1.33 bits per heavy atom. The van der Waals surface area contributed by atoms with E-state index in [1.165, 1.54) is 5.56 Å². The average molecular weight is 227 g/mol. The molecule has 0 aromatic heterocycles. The van der Waals surface area contributed by atoms with Crippen LogP contribution in [-0.4, -0.2) is 25.0 Å². The van der Waals surface area contributed by atoms with Gasteiger partial charge >= 0.3 is 0 Å². The van der Waals surface area contributed by atoms with E-state index in [9.17, 15) is 0 Å². The van der Waals surface area contributed by atoms with Gasteiger partial charge in [0.1, 0.15) is 0 Å². The molecule has 1 atom stereocenters. The van der Waals surface area contributed by atoms with E-state index in [-0.39, 0.29) is 0 Å². The third-order valence-corrected chi connectivity index (χ3v) is 2.98. The molecule has 1 aromatic carbocycles. The summed E-state index contributed by atoms with van der Waals surface area (Å²) in [7, 11) is 2.12. The minimum absolute atomic E-state index is 0.411. The van der Waals surface area contributed by atoms with Gasteiger partial charge in [-0.25, -0.2) is 0 Å². The SMILES string of the molecule is CC(c1ccc(Cl)cc1)N(C)CCCN. The van der Waals surface area contributed by atoms with E-state index < -0.39 is 0 Å². The van der Waals surface area contributed by atoms with Crippen LogP contribution < -0.4 is 5.73 Å². The second-order valence-corrected chi connectivity index (χ2v) is 4.29. The third kappa shape index (κ3) is 3.82. The number of rotatable bonds is 5. The number of hydrogen-bond donors (Lipinski definition) is 1. The first-order valence-electron chi connectivity index (χ1n) is 5.31. The quantitative estimate of drug-likeness (QED) is 0.837. The number of benzene rings is 1. The Hall–Kier alpha value is -0.570. The normalized spacial score (nSPS) is 13.1. The van der Waals surface area contributed by atoms with Crippen molar-refractivity contribution >= 4 is 11.6 Å². The molecule has 0 spiro atoms. The van der Waals surface area contributed by atoms with E-state index in [0.717, 1.165) is 24.5 Å². The third-order valence-electron chi connectivity index (χ3n) is 2.73. The highest BCUT2D eigenvalue weighted by Crippen LogP contribution is 2.20. The minimum atomic E-state index is 0.411. The van der Waals surface area contributed by atoms with Crippen LogP contribution in [0.3, 0.4) is 0 Å². The maximum atomic E-state index is 5.85. The van der Waals surface area contributed by atoms with E-state index in [2.05, 4.69) is 31.0 Å². The summed E-state index contributed by atoms with van der Waals surface area (Å²) in [5.41, 5.74) is 6.78. The summed E-state index contributed by atoms with van der Waals surface area (Å²) in [6.45, 7) is 3.97. The van der Waals surface area contributed by atoms with E-state index in [1.807, 2.05) is 12.1 Å². The van der Waals surface area contributed by atoms with Crippen LogP contribution in [0.1, 0.15) is 24.9 Å². The van der Waals surface area contributed by atoms with Crippen molar-refractivity contribution in [3.63, 3.8) is 0 Å². The first-order valence-corrected chi connectivity index (χ1v) is 5.68. The zero-order valence-electron chi connectivity index (χ0n) is 9.41. The largest absolute Gasteiger partial charge is 0.330 e. The van der Waals surface area contributed by atoms with E-state index in [1.54, 1.807) is 0 Å². The lowest BCUT2D eigenvalue weighted by Gasteiger charge is -2.24. The molecule has 15 heavy (non-hydrogen) atoms. The summed E-state index contributed by atoms with van der Waals surface area (Å²) >= 11 is 5.85. The molecule has 1 rings (SSSR count). The van der Waals surface area contributed by atoms with Crippen LogP contribution in [0.5, 0.6) is 0 Å². The summed E-state index contributed by atoms with van der Waals surface area (Å²) in [5, 5.41) is 0.788. The van der Waals surface area contributed by atoms with E-state index in [0.29, 0.717) is 6.04 Å². The molecule has 0 aliphatic rings. The maximum absolute atomic E-state index is 5.85. The Kier molecular flexibility index (Phi) is 5.09. The predicted molar refractivity (Wildman–Crippen MR) is 66.2 cm³/mol. The Bertz CT molecular complexity index is 284. The van der Waals surface area contributed by atoms with Crippen molar-refractivity contribution in [2.24, 2.45) is 5.73 Å². The highest BCUT2D eigenvalue weighted by Gasteiger charge is 2.10. The standard InChI is InChI=1S/C12H19ClN2/c1-10(15(2)9-3-8-14)11-4-6-12(13)7-5-11/h4-7,10H,3,8-9,14H2,1-2H3. The molecular weight excluding hydrogens is 208 g/mol. The van der Waals surface area contributed by atoms with Gasteiger partial charge in [-0.05, 0) is 51.2 Å². The Balaban J connectivity index is 2.59. The monoisotopic (exact) mass is 226 g/mol. The first-order chi connectivity index (χ1) is 7.15. The van der Waals surface area contributed by atoms with Crippen LogP contribution in [0.4, 0.5) is 0 Å². The highest BCUT2D eigenvalue weighted by molar-refractivity contribution is 6.30. The molecule has 0 aliphatic carbocycles. The van der Waals surface area contributed by atoms with Crippen molar-refractivity contribution in [3.05, 3.63) is 34.9 Å². The number of halogens is 1. The van der Waals surface area contributed by atoms with Crippen LogP contribution in [0.25, 0.3) is 0 Å². The number of nitrogens with zero attached hydrogens (tertiary/aromatic N) is 1. The summed E-state index contributed by atoms with van der Waals surface area (Å²) in [4.78, 5) is 2.30. The van der Waals surface area contributed by atoms with Crippen LogP contribution in [0, 0.1) is 0 Å². The molecule has 0 aliphatic heterocycles. The highest BCUT2D eigenvalue weighted by atomic mass is 35.5. The molecule has 0 amide bonds. The van der Waals surface area contributed by atoms with Gasteiger partial charge in [-0.1, -0.05) is 23.7 Å². The van der Waals surface area contributed by atoms with Crippen molar-refractivity contribution in [3.8, 4) is 0 Å². The summed E-state index contributed by atoms with van der Waals surface area (Å²) < 4.78 is 0. The van der Waals surface area contributed by atoms with Crippen molar-refractivity contribution in [1.82, 2.24) is 4.90 Å². The van der Waals surface area contributed by atoms with Gasteiger partial charge in [0, 0.05) is 11.1 Å². The van der Waals surface area contributed by atoms with Crippen molar-refractivity contribution in [2.45, 2.75) is 19.4 Å². The molecular formula is C12H19ClN2. The fraction of sp³-hybridized carbons (Fsp3) is 0.500. The fourth-order valence-corrected chi connectivity index (χ4v) is 1.66. The number of hydrogen-bond acceptors (Lipinski definition) is 2. The average Bonchev–Trinajstić information content (AvgIpc) is 2.26. The molecule has 0 radical (unpaired) electrons. The van der Waals surface area contributed by atoms with Crippen LogP contribution in [0.2, 0.25) is 5.02 Å².